The molecule has 0 aromatic rings. The van der Waals surface area contributed by atoms with E-state index in [9.17, 15) is 18.5 Å². The Morgan fingerprint density at radius 1 is 1.43 bits per heavy atom. The number of rotatable bonds is 5. The number of ether oxygens (including phenoxy) is 1. The van der Waals surface area contributed by atoms with Crippen LogP contribution in [-0.4, -0.2) is 26.2 Å². The van der Waals surface area contributed by atoms with Gasteiger partial charge in [0.1, 0.15) is 5.54 Å². The zero-order valence-corrected chi connectivity index (χ0v) is 13.5. The van der Waals surface area contributed by atoms with Crippen LogP contribution in [-0.2, 0) is 14.9 Å². The predicted octanol–water partition coefficient (Wildman–Crippen LogP) is 1.82. The van der Waals surface area contributed by atoms with Gasteiger partial charge in [-0.2, -0.15) is 18.4 Å². The molecule has 0 unspecified atom stereocenters. The zero-order chi connectivity index (χ0) is 16.1. The average molecular weight is 317 g/mol. The smallest absolute Gasteiger partial charge is 0.422 e. The van der Waals surface area contributed by atoms with Gasteiger partial charge in [0.05, 0.1) is 12.2 Å². The second-order valence-electron chi connectivity index (χ2n) is 5.71. The number of nitrogens with zero attached hydrogens (tertiary/aromatic N) is 1. The highest BCUT2D eigenvalue weighted by Crippen LogP contribution is 2.33. The van der Waals surface area contributed by atoms with Gasteiger partial charge >= 0.3 is 16.3 Å². The van der Waals surface area contributed by atoms with Gasteiger partial charge in [0.25, 0.3) is 0 Å². The van der Waals surface area contributed by atoms with Crippen LogP contribution in [0.15, 0.2) is 0 Å². The molecule has 1 aliphatic carbocycles. The molecule has 120 valence electrons. The summed E-state index contributed by atoms with van der Waals surface area (Å²) in [7, 11) is -4.12. The fraction of sp³-hybridized carbons (Fsp3) is 0.846. The number of carbonyl (C=O) groups is 1. The largest absolute Gasteiger partial charge is 0.446 e. The van der Waals surface area contributed by atoms with Crippen molar-refractivity contribution in [3.05, 3.63) is 0 Å². The van der Waals surface area contributed by atoms with Gasteiger partial charge in [-0.3, -0.25) is 0 Å². The number of hydrogen-bond acceptors (Lipinski definition) is 5. The monoisotopic (exact) mass is 317 g/mol. The van der Waals surface area contributed by atoms with Gasteiger partial charge in [-0.05, 0) is 45.4 Å². The molecule has 0 atom stereocenters. The minimum atomic E-state index is -4.12. The minimum absolute atomic E-state index is 0.426. The molecule has 0 heterocycles. The topological polar surface area (TPSA) is 108 Å². The summed E-state index contributed by atoms with van der Waals surface area (Å²) in [4.78, 5) is 11.4. The van der Waals surface area contributed by atoms with Crippen molar-refractivity contribution in [1.29, 1.82) is 5.26 Å². The lowest BCUT2D eigenvalue weighted by Crippen LogP contribution is -2.54. The summed E-state index contributed by atoms with van der Waals surface area (Å²) in [5.41, 5.74) is -1.14. The quantitative estimate of drug-likeness (QED) is 0.804. The van der Waals surface area contributed by atoms with E-state index in [1.165, 1.54) is 0 Å². The van der Waals surface area contributed by atoms with Crippen LogP contribution < -0.4 is 9.44 Å². The van der Waals surface area contributed by atoms with E-state index in [-0.39, 0.29) is 0 Å². The first-order chi connectivity index (χ1) is 9.72. The molecule has 1 saturated carbocycles. The SMILES string of the molecule is CCC1CCC(C#N)(NS(=O)(=O)NC(=O)OC(C)C)CC1. The molecule has 0 aromatic carbocycles. The summed E-state index contributed by atoms with van der Waals surface area (Å²) in [6.07, 6.45) is 2.03. The molecule has 1 amide bonds. The molecule has 0 saturated heterocycles. The van der Waals surface area contributed by atoms with Gasteiger partial charge in [0, 0.05) is 0 Å². The molecule has 0 spiro atoms. The van der Waals surface area contributed by atoms with Gasteiger partial charge in [0.15, 0.2) is 0 Å². The van der Waals surface area contributed by atoms with Crippen molar-refractivity contribution in [3.8, 4) is 6.07 Å². The van der Waals surface area contributed by atoms with Crippen LogP contribution in [0.4, 0.5) is 4.79 Å². The summed E-state index contributed by atoms with van der Waals surface area (Å²) in [5.74, 6) is 0.523. The molecule has 1 fully saturated rings. The van der Waals surface area contributed by atoms with E-state index in [1.54, 1.807) is 18.6 Å². The van der Waals surface area contributed by atoms with E-state index in [0.29, 0.717) is 18.8 Å². The Bertz CT molecular complexity index is 502. The molecule has 1 rings (SSSR count). The van der Waals surface area contributed by atoms with Crippen molar-refractivity contribution in [3.63, 3.8) is 0 Å². The third-order valence-electron chi connectivity index (χ3n) is 3.64. The maximum Gasteiger partial charge on any atom is 0.422 e. The summed E-state index contributed by atoms with van der Waals surface area (Å²) in [6, 6.07) is 2.05. The minimum Gasteiger partial charge on any atom is -0.446 e. The first-order valence-electron chi connectivity index (χ1n) is 7.15. The fourth-order valence-corrected chi connectivity index (χ4v) is 3.53. The highest BCUT2D eigenvalue weighted by atomic mass is 32.2. The van der Waals surface area contributed by atoms with E-state index < -0.39 is 27.9 Å². The molecule has 7 nitrogen and oxygen atoms in total. The van der Waals surface area contributed by atoms with Crippen LogP contribution in [0.2, 0.25) is 0 Å². The van der Waals surface area contributed by atoms with Crippen LogP contribution in [0.3, 0.4) is 0 Å². The van der Waals surface area contributed by atoms with Gasteiger partial charge in [-0.15, -0.1) is 0 Å². The highest BCUT2D eigenvalue weighted by Gasteiger charge is 2.39. The molecule has 21 heavy (non-hydrogen) atoms. The van der Waals surface area contributed by atoms with Crippen molar-refractivity contribution in [2.45, 2.75) is 64.5 Å². The lowest BCUT2D eigenvalue weighted by Gasteiger charge is -2.34. The third kappa shape index (κ3) is 5.52. The number of nitriles is 1. The molecular formula is C13H23N3O4S. The van der Waals surface area contributed by atoms with Gasteiger partial charge < -0.3 is 4.74 Å². The Hall–Kier alpha value is -1.33. The van der Waals surface area contributed by atoms with Crippen molar-refractivity contribution < 1.29 is 17.9 Å². The Morgan fingerprint density at radius 3 is 2.43 bits per heavy atom. The van der Waals surface area contributed by atoms with Crippen molar-refractivity contribution in [1.82, 2.24) is 9.44 Å². The molecule has 0 bridgehead atoms. The Labute approximate surface area is 126 Å². The van der Waals surface area contributed by atoms with Crippen LogP contribution in [0.25, 0.3) is 0 Å². The van der Waals surface area contributed by atoms with Crippen LogP contribution in [0, 0.1) is 17.2 Å². The van der Waals surface area contributed by atoms with E-state index in [0.717, 1.165) is 19.3 Å². The van der Waals surface area contributed by atoms with Crippen LogP contribution in [0.1, 0.15) is 52.9 Å². The Morgan fingerprint density at radius 2 is 2.00 bits per heavy atom. The normalized spacial score (nSPS) is 26.1. The zero-order valence-electron chi connectivity index (χ0n) is 12.7. The average Bonchev–Trinajstić information content (AvgIpc) is 2.37. The summed E-state index contributed by atoms with van der Waals surface area (Å²) < 4.78 is 32.7. The molecule has 0 aliphatic heterocycles. The van der Waals surface area contributed by atoms with E-state index in [1.807, 2.05) is 6.07 Å². The number of carbonyl (C=O) groups excluding carboxylic acids is 1. The van der Waals surface area contributed by atoms with Crippen molar-refractivity contribution in [2.75, 3.05) is 0 Å². The van der Waals surface area contributed by atoms with Gasteiger partial charge in [0.2, 0.25) is 0 Å². The second kappa shape index (κ2) is 7.09. The maximum atomic E-state index is 11.9. The van der Waals surface area contributed by atoms with E-state index >= 15 is 0 Å². The molecule has 1 aliphatic rings. The maximum absolute atomic E-state index is 11.9. The first-order valence-corrected chi connectivity index (χ1v) is 8.64. The van der Waals surface area contributed by atoms with Crippen LogP contribution in [0.5, 0.6) is 0 Å². The predicted molar refractivity (Wildman–Crippen MR) is 77.4 cm³/mol. The molecular weight excluding hydrogens is 294 g/mol. The Kier molecular flexibility index (Phi) is 5.98. The number of nitrogens with one attached hydrogen (secondary N) is 2. The van der Waals surface area contributed by atoms with Crippen molar-refractivity contribution >= 4 is 16.3 Å². The summed E-state index contributed by atoms with van der Waals surface area (Å²) in [5, 5.41) is 9.32. The van der Waals surface area contributed by atoms with E-state index in [4.69, 9.17) is 4.74 Å². The number of amides is 1. The lowest BCUT2D eigenvalue weighted by atomic mass is 9.77. The third-order valence-corrected chi connectivity index (χ3v) is 4.74. The standard InChI is InChI=1S/C13H23N3O4S/c1-4-11-5-7-13(9-14,8-6-11)16-21(18,19)15-12(17)20-10(2)3/h10-11,16H,4-8H2,1-3H3,(H,15,17). The van der Waals surface area contributed by atoms with Crippen molar-refractivity contribution in [2.24, 2.45) is 5.92 Å². The summed E-state index contributed by atoms with van der Waals surface area (Å²) in [6.45, 7) is 5.31. The highest BCUT2D eigenvalue weighted by molar-refractivity contribution is 7.88. The van der Waals surface area contributed by atoms with Gasteiger partial charge in [-0.1, -0.05) is 13.3 Å². The fourth-order valence-electron chi connectivity index (χ4n) is 2.45. The second-order valence-corrected chi connectivity index (χ2v) is 7.12. The lowest BCUT2D eigenvalue weighted by molar-refractivity contribution is 0.121. The number of hydrogen-bond donors (Lipinski definition) is 2. The van der Waals surface area contributed by atoms with Gasteiger partial charge in [-0.25, -0.2) is 9.52 Å². The molecule has 8 heteroatoms. The Balaban J connectivity index is 2.68. The summed E-state index contributed by atoms with van der Waals surface area (Å²) >= 11 is 0. The molecule has 0 radical (unpaired) electrons. The van der Waals surface area contributed by atoms with Crippen LogP contribution >= 0.6 is 0 Å². The molecule has 0 aromatic heterocycles. The molecule has 2 N–H and O–H groups in total. The first kappa shape index (κ1) is 17.7. The van der Waals surface area contributed by atoms with E-state index in [2.05, 4.69) is 11.6 Å².